The molecule has 1 nitrogen and oxygen atoms in total. The molecule has 1 aliphatic rings. The van der Waals surface area contributed by atoms with Crippen LogP contribution < -0.4 is 0 Å². The van der Waals surface area contributed by atoms with Crippen LogP contribution in [0, 0.1) is 13.8 Å². The van der Waals surface area contributed by atoms with Crippen molar-refractivity contribution in [1.82, 2.24) is 0 Å². The SMILES string of the molecule is Cc1cc(C2CCCC2)cc(C)c1O.FP(F)(F)(F)F. The Morgan fingerprint density at radius 2 is 1.30 bits per heavy atom. The van der Waals surface area contributed by atoms with Crippen molar-refractivity contribution in [2.75, 3.05) is 0 Å². The third-order valence-electron chi connectivity index (χ3n) is 3.34. The minimum atomic E-state index is -8.55. The topological polar surface area (TPSA) is 20.2 Å². The average molecular weight is 316 g/mol. The van der Waals surface area contributed by atoms with Gasteiger partial charge >= 0.3 is 29.1 Å². The fourth-order valence-electron chi connectivity index (χ4n) is 2.48. The maximum absolute atomic E-state index is 9.84. The zero-order valence-corrected chi connectivity index (χ0v) is 12.2. The van der Waals surface area contributed by atoms with Gasteiger partial charge in [-0.15, -0.1) is 0 Å². The molecule has 0 spiro atoms. The van der Waals surface area contributed by atoms with E-state index in [4.69, 9.17) is 0 Å². The summed E-state index contributed by atoms with van der Waals surface area (Å²) in [6.45, 7) is 3.97. The summed E-state index contributed by atoms with van der Waals surface area (Å²) in [5.41, 5.74) is 3.47. The van der Waals surface area contributed by atoms with Gasteiger partial charge in [0.05, 0.1) is 0 Å². The molecule has 0 atom stereocenters. The molecule has 2 rings (SSSR count). The zero-order chi connectivity index (χ0) is 15.6. The molecule has 0 unspecified atom stereocenters. The summed E-state index contributed by atoms with van der Waals surface area (Å²) in [7, 11) is -8.55. The van der Waals surface area contributed by atoms with Crippen molar-refractivity contribution in [1.29, 1.82) is 0 Å². The van der Waals surface area contributed by atoms with E-state index >= 15 is 0 Å². The van der Waals surface area contributed by atoms with Crippen molar-refractivity contribution in [3.05, 3.63) is 28.8 Å². The molecule has 0 bridgehead atoms. The molecule has 20 heavy (non-hydrogen) atoms. The van der Waals surface area contributed by atoms with Gasteiger partial charge in [-0.2, -0.15) is 0 Å². The first-order valence-corrected chi connectivity index (χ1v) is 8.02. The van der Waals surface area contributed by atoms with Crippen LogP contribution >= 0.6 is 8.16 Å². The number of phenols is 1. The second-order valence-corrected chi connectivity index (χ2v) is 6.40. The molecule has 1 fully saturated rings. The van der Waals surface area contributed by atoms with Crippen molar-refractivity contribution in [2.24, 2.45) is 0 Å². The van der Waals surface area contributed by atoms with E-state index in [1.54, 1.807) is 0 Å². The van der Waals surface area contributed by atoms with Crippen LogP contribution in [0.25, 0.3) is 0 Å². The molecule has 1 aromatic carbocycles. The fourth-order valence-corrected chi connectivity index (χ4v) is 2.48. The first kappa shape index (κ1) is 17.2. The Kier molecular flexibility index (Phi) is 5.01. The number of phenolic OH excluding ortho intramolecular Hbond substituents is 1. The number of rotatable bonds is 1. The van der Waals surface area contributed by atoms with Gasteiger partial charge in [0.2, 0.25) is 0 Å². The van der Waals surface area contributed by atoms with Crippen molar-refractivity contribution < 1.29 is 26.1 Å². The number of benzene rings is 1. The predicted molar refractivity (Wildman–Crippen MR) is 71.2 cm³/mol. The van der Waals surface area contributed by atoms with Gasteiger partial charge in [0.15, 0.2) is 0 Å². The summed E-state index contributed by atoms with van der Waals surface area (Å²) in [4.78, 5) is 0. The van der Waals surface area contributed by atoms with Gasteiger partial charge in [-0.1, -0.05) is 25.0 Å². The quantitative estimate of drug-likeness (QED) is 0.455. The summed E-state index contributed by atoms with van der Waals surface area (Å²) in [6, 6.07) is 4.30. The first-order valence-electron chi connectivity index (χ1n) is 6.33. The van der Waals surface area contributed by atoms with Gasteiger partial charge in [0, 0.05) is 0 Å². The molecule has 0 aliphatic heterocycles. The van der Waals surface area contributed by atoms with E-state index in [2.05, 4.69) is 12.1 Å². The minimum absolute atomic E-state index is 0.465. The van der Waals surface area contributed by atoms with Crippen LogP contribution in [0.15, 0.2) is 12.1 Å². The van der Waals surface area contributed by atoms with E-state index in [9.17, 15) is 26.1 Å². The molecule has 0 heterocycles. The normalized spacial score (nSPS) is 18.1. The maximum atomic E-state index is 9.84. The zero-order valence-electron chi connectivity index (χ0n) is 11.3. The van der Waals surface area contributed by atoms with E-state index in [1.165, 1.54) is 31.2 Å². The molecule has 0 radical (unpaired) electrons. The van der Waals surface area contributed by atoms with E-state index in [0.717, 1.165) is 17.0 Å². The van der Waals surface area contributed by atoms with Crippen LogP contribution in [-0.4, -0.2) is 5.11 Å². The first-order chi connectivity index (χ1) is 8.92. The standard InChI is InChI=1S/C13H18O.F5P/c1-9-7-12(8-10(2)13(9)14)11-5-3-4-6-11;1-6(2,3,4)5/h7-8,11,14H,3-6H2,1-2H3;. The number of halogens is 5. The summed E-state index contributed by atoms with van der Waals surface area (Å²) < 4.78 is 49.2. The molecular weight excluding hydrogens is 298 g/mol. The summed E-state index contributed by atoms with van der Waals surface area (Å²) in [6.07, 6.45) is 5.38. The van der Waals surface area contributed by atoms with Crippen molar-refractivity contribution in [3.63, 3.8) is 0 Å². The Morgan fingerprint density at radius 3 is 1.65 bits per heavy atom. The van der Waals surface area contributed by atoms with Crippen molar-refractivity contribution in [2.45, 2.75) is 45.4 Å². The van der Waals surface area contributed by atoms with Crippen molar-refractivity contribution in [3.8, 4) is 5.75 Å². The van der Waals surface area contributed by atoms with Crippen LogP contribution in [-0.2, 0) is 0 Å². The third-order valence-corrected chi connectivity index (χ3v) is 3.34. The Labute approximate surface area is 115 Å². The summed E-state index contributed by atoms with van der Waals surface area (Å²) in [5, 5.41) is 9.67. The van der Waals surface area contributed by atoms with E-state index in [1.807, 2.05) is 13.8 Å². The number of aryl methyl sites for hydroxylation is 2. The molecule has 1 N–H and O–H groups in total. The van der Waals surface area contributed by atoms with Crippen LogP contribution in [0.1, 0.15) is 48.3 Å². The van der Waals surface area contributed by atoms with Gasteiger partial charge < -0.3 is 5.11 Å². The van der Waals surface area contributed by atoms with Crippen LogP contribution in [0.4, 0.5) is 21.0 Å². The molecule has 1 aliphatic carbocycles. The Hall–Kier alpha value is -0.900. The molecule has 0 aromatic heterocycles. The Balaban J connectivity index is 0.000000286. The summed E-state index contributed by atoms with van der Waals surface area (Å²) in [5.74, 6) is 1.21. The van der Waals surface area contributed by atoms with E-state index in [0.29, 0.717) is 5.75 Å². The number of hydrogen-bond donors (Lipinski definition) is 1. The number of hydrogen-bond acceptors (Lipinski definition) is 1. The van der Waals surface area contributed by atoms with E-state index < -0.39 is 8.16 Å². The number of aromatic hydroxyl groups is 1. The monoisotopic (exact) mass is 316 g/mol. The second-order valence-electron chi connectivity index (χ2n) is 5.12. The van der Waals surface area contributed by atoms with Gasteiger partial charge in [-0.3, -0.25) is 0 Å². The van der Waals surface area contributed by atoms with Gasteiger partial charge in [0.25, 0.3) is 0 Å². The predicted octanol–water partition coefficient (Wildman–Crippen LogP) is 6.63. The van der Waals surface area contributed by atoms with Gasteiger partial charge in [-0.05, 0) is 49.3 Å². The fraction of sp³-hybridized carbons (Fsp3) is 0.538. The van der Waals surface area contributed by atoms with Crippen molar-refractivity contribution >= 4 is 8.16 Å². The molecule has 116 valence electrons. The molecule has 7 heteroatoms. The van der Waals surface area contributed by atoms with Crippen LogP contribution in [0.5, 0.6) is 5.75 Å². The third kappa shape index (κ3) is 6.51. The average Bonchev–Trinajstić information content (AvgIpc) is 2.74. The molecule has 0 amide bonds. The molecule has 1 aromatic rings. The van der Waals surface area contributed by atoms with Gasteiger partial charge in [0.1, 0.15) is 5.75 Å². The Morgan fingerprint density at radius 1 is 0.950 bits per heavy atom. The molecule has 1 saturated carbocycles. The summed E-state index contributed by atoms with van der Waals surface area (Å²) >= 11 is 0. The molecule has 0 saturated heterocycles. The second kappa shape index (κ2) is 5.84. The molecular formula is C13H18F5OP. The van der Waals surface area contributed by atoms with Crippen LogP contribution in [0.3, 0.4) is 0 Å². The van der Waals surface area contributed by atoms with Crippen LogP contribution in [0.2, 0.25) is 0 Å². The van der Waals surface area contributed by atoms with Gasteiger partial charge in [-0.25, -0.2) is 0 Å². The Bertz CT molecular complexity index is 435. The van der Waals surface area contributed by atoms with E-state index in [-0.39, 0.29) is 0 Å².